The van der Waals surface area contributed by atoms with Crippen molar-refractivity contribution in [2.75, 3.05) is 26.2 Å². The maximum atomic E-state index is 13.1. The molecule has 4 aliphatic heterocycles. The summed E-state index contributed by atoms with van der Waals surface area (Å²) in [7, 11) is 0. The number of aliphatic hydroxyl groups excluding tert-OH is 1. The molecular weight excluding hydrogens is 334 g/mol. The summed E-state index contributed by atoms with van der Waals surface area (Å²) < 4.78 is 6.12. The Kier molecular flexibility index (Phi) is 3.45. The van der Waals surface area contributed by atoms with Gasteiger partial charge in [-0.15, -0.1) is 0 Å². The number of pyridine rings is 1. The lowest BCUT2D eigenvalue weighted by atomic mass is 9.76. The number of hydrogen-bond acceptors (Lipinski definition) is 5. The van der Waals surface area contributed by atoms with Gasteiger partial charge in [0.15, 0.2) is 0 Å². The van der Waals surface area contributed by atoms with Gasteiger partial charge < -0.3 is 19.6 Å². The topological polar surface area (TPSA) is 83.0 Å². The predicted molar refractivity (Wildman–Crippen MR) is 90.8 cm³/mol. The molecule has 0 saturated carbocycles. The maximum Gasteiger partial charge on any atom is 0.230 e. The largest absolute Gasteiger partial charge is 0.389 e. The molecule has 2 unspecified atom stereocenters. The van der Waals surface area contributed by atoms with Crippen molar-refractivity contribution in [3.8, 4) is 0 Å². The van der Waals surface area contributed by atoms with E-state index in [2.05, 4.69) is 4.98 Å². The number of nitrogens with zero attached hydrogens (tertiary/aromatic N) is 3. The van der Waals surface area contributed by atoms with Gasteiger partial charge in [-0.2, -0.15) is 0 Å². The number of carbonyl (C=O) groups excluding carboxylic acids is 2. The molecule has 0 aliphatic carbocycles. The lowest BCUT2D eigenvalue weighted by Crippen LogP contribution is -2.57. The van der Waals surface area contributed by atoms with Crippen molar-refractivity contribution in [3.63, 3.8) is 0 Å². The summed E-state index contributed by atoms with van der Waals surface area (Å²) in [5, 5.41) is 9.48. The second kappa shape index (κ2) is 5.62. The van der Waals surface area contributed by atoms with Crippen LogP contribution >= 0.6 is 0 Å². The lowest BCUT2D eigenvalue weighted by Gasteiger charge is -2.39. The minimum absolute atomic E-state index is 0.00493. The summed E-state index contributed by atoms with van der Waals surface area (Å²) in [6.07, 6.45) is 7.38. The monoisotopic (exact) mass is 355 g/mol. The zero-order valence-corrected chi connectivity index (χ0v) is 14.3. The molecule has 2 amide bonds. The lowest BCUT2D eigenvalue weighted by molar-refractivity contribution is -0.151. The van der Waals surface area contributed by atoms with E-state index in [-0.39, 0.29) is 17.9 Å². The molecule has 1 aromatic heterocycles. The van der Waals surface area contributed by atoms with Crippen molar-refractivity contribution in [2.45, 2.75) is 24.2 Å². The number of likely N-dealkylation sites (tertiary alicyclic amines) is 2. The van der Waals surface area contributed by atoms with Crippen LogP contribution < -0.4 is 0 Å². The van der Waals surface area contributed by atoms with Gasteiger partial charge in [0, 0.05) is 32.0 Å². The predicted octanol–water partition coefficient (Wildman–Crippen LogP) is -0.391. The number of ether oxygens (including phenoxy) is 1. The van der Waals surface area contributed by atoms with Crippen LogP contribution in [0.4, 0.5) is 0 Å². The summed E-state index contributed by atoms with van der Waals surface area (Å²) in [5.41, 5.74) is 0.467. The van der Waals surface area contributed by atoms with Gasteiger partial charge in [-0.1, -0.05) is 12.2 Å². The Morgan fingerprint density at radius 1 is 1.35 bits per heavy atom. The van der Waals surface area contributed by atoms with Crippen LogP contribution in [0.1, 0.15) is 5.56 Å². The average molecular weight is 355 g/mol. The van der Waals surface area contributed by atoms with Crippen molar-refractivity contribution >= 4 is 11.8 Å². The highest BCUT2D eigenvalue weighted by Crippen LogP contribution is 2.52. The van der Waals surface area contributed by atoms with Gasteiger partial charge in [-0.3, -0.25) is 14.6 Å². The zero-order chi connectivity index (χ0) is 17.9. The minimum Gasteiger partial charge on any atom is -0.389 e. The van der Waals surface area contributed by atoms with Gasteiger partial charge >= 0.3 is 0 Å². The zero-order valence-electron chi connectivity index (χ0n) is 14.3. The molecule has 5 rings (SSSR count). The molecule has 5 heterocycles. The van der Waals surface area contributed by atoms with E-state index in [9.17, 15) is 14.7 Å². The molecule has 4 atom stereocenters. The molecule has 1 N–H and O–H groups in total. The first-order valence-electron chi connectivity index (χ1n) is 9.09. The Morgan fingerprint density at radius 3 is 2.85 bits per heavy atom. The number of carbonyl (C=O) groups is 2. The molecule has 3 fully saturated rings. The van der Waals surface area contributed by atoms with Crippen LogP contribution in [0.15, 0.2) is 36.7 Å². The van der Waals surface area contributed by atoms with Crippen LogP contribution in [-0.4, -0.2) is 75.7 Å². The molecule has 1 spiro atoms. The molecule has 0 radical (unpaired) electrons. The highest BCUT2D eigenvalue weighted by molar-refractivity contribution is 5.93. The van der Waals surface area contributed by atoms with Gasteiger partial charge in [0.05, 0.1) is 30.6 Å². The fourth-order valence-corrected chi connectivity index (χ4v) is 4.71. The SMILES string of the molecule is O=C(C1C2C(=O)N(CCc3ccncc3)C[C@@]23C=C[C@@H]1O3)N1CC(O)C1. The first kappa shape index (κ1) is 16.0. The van der Waals surface area contributed by atoms with E-state index in [1.165, 1.54) is 0 Å². The summed E-state index contributed by atoms with van der Waals surface area (Å²) in [6.45, 7) is 1.81. The van der Waals surface area contributed by atoms with Crippen LogP contribution in [0.25, 0.3) is 0 Å². The van der Waals surface area contributed by atoms with E-state index in [1.807, 2.05) is 29.2 Å². The number of aromatic nitrogens is 1. The van der Waals surface area contributed by atoms with E-state index in [0.717, 1.165) is 12.0 Å². The molecule has 2 bridgehead atoms. The average Bonchev–Trinajstić information content (AvgIpc) is 3.26. The number of rotatable bonds is 4. The van der Waals surface area contributed by atoms with E-state index in [4.69, 9.17) is 4.74 Å². The molecular formula is C19H21N3O4. The van der Waals surface area contributed by atoms with Gasteiger partial charge in [-0.25, -0.2) is 0 Å². The highest BCUT2D eigenvalue weighted by atomic mass is 16.5. The molecule has 1 aromatic rings. The first-order chi connectivity index (χ1) is 12.6. The van der Waals surface area contributed by atoms with Crippen molar-refractivity contribution in [2.24, 2.45) is 11.8 Å². The molecule has 136 valence electrons. The summed E-state index contributed by atoms with van der Waals surface area (Å²) in [4.78, 5) is 33.4. The summed E-state index contributed by atoms with van der Waals surface area (Å²) >= 11 is 0. The van der Waals surface area contributed by atoms with Crippen LogP contribution in [0, 0.1) is 11.8 Å². The summed E-state index contributed by atoms with van der Waals surface area (Å²) in [6, 6.07) is 3.90. The normalized spacial score (nSPS) is 35.1. The van der Waals surface area contributed by atoms with Crippen molar-refractivity contribution < 1.29 is 19.4 Å². The number of fused-ring (bicyclic) bond motifs is 1. The van der Waals surface area contributed by atoms with Gasteiger partial charge in [0.1, 0.15) is 5.60 Å². The first-order valence-corrected chi connectivity index (χ1v) is 9.09. The second-order valence-electron chi connectivity index (χ2n) is 7.66. The molecule has 4 aliphatic rings. The Bertz CT molecular complexity index is 776. The quantitative estimate of drug-likeness (QED) is 0.744. The van der Waals surface area contributed by atoms with Crippen molar-refractivity contribution in [3.05, 3.63) is 42.2 Å². The maximum absolute atomic E-state index is 13.1. The standard InChI is InChI=1S/C19H21N3O4/c23-13-9-22(10-13)17(24)15-14-1-5-19(26-14)11-21(18(25)16(15)19)8-4-12-2-6-20-7-3-12/h1-3,5-7,13-16,23H,4,8-11H2/t14-,15?,16?,19-/m0/s1. The Hall–Kier alpha value is -2.25. The molecule has 0 aromatic carbocycles. The fourth-order valence-electron chi connectivity index (χ4n) is 4.71. The fraction of sp³-hybridized carbons (Fsp3) is 0.526. The van der Waals surface area contributed by atoms with Crippen LogP contribution in [0.2, 0.25) is 0 Å². The number of hydrogen-bond donors (Lipinski definition) is 1. The minimum atomic E-state index is -0.663. The van der Waals surface area contributed by atoms with Gasteiger partial charge in [-0.05, 0) is 24.1 Å². The van der Waals surface area contributed by atoms with Crippen LogP contribution in [0.5, 0.6) is 0 Å². The van der Waals surface area contributed by atoms with Crippen LogP contribution in [0.3, 0.4) is 0 Å². The third-order valence-corrected chi connectivity index (χ3v) is 6.06. The van der Waals surface area contributed by atoms with E-state index >= 15 is 0 Å². The molecule has 7 nitrogen and oxygen atoms in total. The van der Waals surface area contributed by atoms with E-state index in [1.54, 1.807) is 17.3 Å². The second-order valence-corrected chi connectivity index (χ2v) is 7.66. The summed E-state index contributed by atoms with van der Waals surface area (Å²) in [5.74, 6) is -0.975. The molecule has 7 heteroatoms. The van der Waals surface area contributed by atoms with E-state index in [0.29, 0.717) is 26.2 Å². The third-order valence-electron chi connectivity index (χ3n) is 6.06. The smallest absolute Gasteiger partial charge is 0.230 e. The van der Waals surface area contributed by atoms with Gasteiger partial charge in [0.25, 0.3) is 0 Å². The number of amides is 2. The van der Waals surface area contributed by atoms with Crippen molar-refractivity contribution in [1.82, 2.24) is 14.8 Å². The van der Waals surface area contributed by atoms with Crippen LogP contribution in [-0.2, 0) is 20.7 Å². The Morgan fingerprint density at radius 2 is 2.12 bits per heavy atom. The Labute approximate surface area is 151 Å². The highest BCUT2D eigenvalue weighted by Gasteiger charge is 2.67. The number of β-amino-alcohol motifs (C(OH)–C–C–N with tert-alkyl or cyclic N) is 1. The van der Waals surface area contributed by atoms with Crippen molar-refractivity contribution in [1.29, 1.82) is 0 Å². The molecule has 3 saturated heterocycles. The van der Waals surface area contributed by atoms with Gasteiger partial charge in [0.2, 0.25) is 11.8 Å². The third kappa shape index (κ3) is 2.23. The Balaban J connectivity index is 1.33. The van der Waals surface area contributed by atoms with E-state index < -0.39 is 23.5 Å². The molecule has 26 heavy (non-hydrogen) atoms. The number of aliphatic hydroxyl groups is 1.